The molecule has 1 aliphatic rings. The van der Waals surface area contributed by atoms with E-state index in [0.717, 1.165) is 32.1 Å². The lowest BCUT2D eigenvalue weighted by Gasteiger charge is -2.39. The van der Waals surface area contributed by atoms with Crippen LogP contribution in [0.4, 0.5) is 0 Å². The molecule has 2 heteroatoms. The molecule has 70 valence electrons. The van der Waals surface area contributed by atoms with Crippen molar-refractivity contribution in [1.29, 1.82) is 0 Å². The standard InChI is InChI=1S/C10H18O2/c1-2-6-10(8-11)7-4-3-5-9(10)12/h2,9,11-12H,1,3-8H2/t9-,10-/m0/s1. The van der Waals surface area contributed by atoms with E-state index in [0.29, 0.717) is 0 Å². The molecule has 0 spiro atoms. The molecule has 0 aromatic heterocycles. The molecule has 1 aliphatic carbocycles. The minimum atomic E-state index is -0.339. The summed E-state index contributed by atoms with van der Waals surface area (Å²) in [6.45, 7) is 3.74. The predicted molar refractivity (Wildman–Crippen MR) is 48.8 cm³/mol. The van der Waals surface area contributed by atoms with E-state index in [1.807, 2.05) is 0 Å². The molecule has 2 atom stereocenters. The fraction of sp³-hybridized carbons (Fsp3) is 0.800. The van der Waals surface area contributed by atoms with Gasteiger partial charge in [-0.15, -0.1) is 6.58 Å². The fourth-order valence-corrected chi connectivity index (χ4v) is 2.06. The van der Waals surface area contributed by atoms with Crippen LogP contribution in [0.3, 0.4) is 0 Å². The van der Waals surface area contributed by atoms with E-state index in [-0.39, 0.29) is 18.1 Å². The second-order valence-electron chi connectivity index (χ2n) is 3.77. The van der Waals surface area contributed by atoms with Gasteiger partial charge in [-0.1, -0.05) is 18.9 Å². The number of aliphatic hydroxyl groups is 2. The maximum Gasteiger partial charge on any atom is 0.0621 e. The summed E-state index contributed by atoms with van der Waals surface area (Å²) in [6, 6.07) is 0. The highest BCUT2D eigenvalue weighted by atomic mass is 16.3. The van der Waals surface area contributed by atoms with Crippen LogP contribution >= 0.6 is 0 Å². The van der Waals surface area contributed by atoms with Crippen LogP contribution < -0.4 is 0 Å². The fourth-order valence-electron chi connectivity index (χ4n) is 2.06. The molecule has 0 amide bonds. The summed E-state index contributed by atoms with van der Waals surface area (Å²) in [5.74, 6) is 0. The van der Waals surface area contributed by atoms with Crippen molar-refractivity contribution in [3.63, 3.8) is 0 Å². The molecule has 0 unspecified atom stereocenters. The van der Waals surface area contributed by atoms with Crippen LogP contribution in [-0.4, -0.2) is 22.9 Å². The van der Waals surface area contributed by atoms with E-state index in [2.05, 4.69) is 6.58 Å². The van der Waals surface area contributed by atoms with Gasteiger partial charge in [-0.3, -0.25) is 0 Å². The second-order valence-corrected chi connectivity index (χ2v) is 3.77. The highest BCUT2D eigenvalue weighted by Gasteiger charge is 2.37. The molecule has 0 aromatic carbocycles. The van der Waals surface area contributed by atoms with E-state index >= 15 is 0 Å². The lowest BCUT2D eigenvalue weighted by molar-refractivity contribution is -0.0454. The van der Waals surface area contributed by atoms with Crippen LogP contribution in [0.25, 0.3) is 0 Å². The predicted octanol–water partition coefficient (Wildman–Crippen LogP) is 1.48. The molecule has 2 N–H and O–H groups in total. The summed E-state index contributed by atoms with van der Waals surface area (Å²) >= 11 is 0. The van der Waals surface area contributed by atoms with E-state index in [1.54, 1.807) is 6.08 Å². The summed E-state index contributed by atoms with van der Waals surface area (Å²) in [5, 5.41) is 19.0. The first-order chi connectivity index (χ1) is 5.75. The van der Waals surface area contributed by atoms with Crippen molar-refractivity contribution < 1.29 is 10.2 Å². The van der Waals surface area contributed by atoms with Crippen molar-refractivity contribution in [3.8, 4) is 0 Å². The zero-order valence-corrected chi connectivity index (χ0v) is 7.50. The third kappa shape index (κ3) is 1.70. The second kappa shape index (κ2) is 4.06. The normalized spacial score (nSPS) is 36.3. The third-order valence-electron chi connectivity index (χ3n) is 2.97. The molecule has 0 aliphatic heterocycles. The minimum absolute atomic E-state index is 0.0835. The summed E-state index contributed by atoms with van der Waals surface area (Å²) < 4.78 is 0. The monoisotopic (exact) mass is 170 g/mol. The van der Waals surface area contributed by atoms with Crippen molar-refractivity contribution in [3.05, 3.63) is 12.7 Å². The van der Waals surface area contributed by atoms with Gasteiger partial charge in [0.05, 0.1) is 12.7 Å². The van der Waals surface area contributed by atoms with Crippen LogP contribution in [0.2, 0.25) is 0 Å². The Morgan fingerprint density at radius 3 is 2.75 bits per heavy atom. The number of rotatable bonds is 3. The first-order valence-electron chi connectivity index (χ1n) is 4.65. The number of hydrogen-bond donors (Lipinski definition) is 2. The number of aliphatic hydroxyl groups excluding tert-OH is 2. The quantitative estimate of drug-likeness (QED) is 0.630. The topological polar surface area (TPSA) is 40.5 Å². The Bertz CT molecular complexity index is 156. The van der Waals surface area contributed by atoms with E-state index in [4.69, 9.17) is 0 Å². The molecule has 12 heavy (non-hydrogen) atoms. The van der Waals surface area contributed by atoms with Crippen LogP contribution in [0.5, 0.6) is 0 Å². The molecule has 0 aromatic rings. The molecule has 1 saturated carbocycles. The zero-order chi connectivity index (χ0) is 9.03. The Morgan fingerprint density at radius 2 is 2.25 bits per heavy atom. The van der Waals surface area contributed by atoms with Crippen LogP contribution in [-0.2, 0) is 0 Å². The molecule has 2 nitrogen and oxygen atoms in total. The Balaban J connectivity index is 2.65. The molecular formula is C10H18O2. The van der Waals surface area contributed by atoms with Crippen LogP contribution in [0.1, 0.15) is 32.1 Å². The van der Waals surface area contributed by atoms with Gasteiger partial charge in [0.1, 0.15) is 0 Å². The van der Waals surface area contributed by atoms with Crippen LogP contribution in [0.15, 0.2) is 12.7 Å². The summed E-state index contributed by atoms with van der Waals surface area (Å²) in [7, 11) is 0. The largest absolute Gasteiger partial charge is 0.396 e. The van der Waals surface area contributed by atoms with Crippen molar-refractivity contribution in [2.45, 2.75) is 38.2 Å². The molecule has 0 radical (unpaired) electrons. The molecule has 1 fully saturated rings. The van der Waals surface area contributed by atoms with Crippen LogP contribution in [0, 0.1) is 5.41 Å². The minimum Gasteiger partial charge on any atom is -0.396 e. The zero-order valence-electron chi connectivity index (χ0n) is 7.50. The smallest absolute Gasteiger partial charge is 0.0621 e. The summed E-state index contributed by atoms with van der Waals surface area (Å²) in [6.07, 6.45) is 6.14. The highest BCUT2D eigenvalue weighted by Crippen LogP contribution is 2.39. The van der Waals surface area contributed by atoms with Gasteiger partial charge in [0, 0.05) is 5.41 Å². The van der Waals surface area contributed by atoms with Gasteiger partial charge >= 0.3 is 0 Å². The first kappa shape index (κ1) is 9.75. The van der Waals surface area contributed by atoms with Gasteiger partial charge in [0.25, 0.3) is 0 Å². The van der Waals surface area contributed by atoms with Gasteiger partial charge in [0.15, 0.2) is 0 Å². The van der Waals surface area contributed by atoms with Gasteiger partial charge in [-0.2, -0.15) is 0 Å². The van der Waals surface area contributed by atoms with Gasteiger partial charge < -0.3 is 10.2 Å². The highest BCUT2D eigenvalue weighted by molar-refractivity contribution is 4.93. The van der Waals surface area contributed by atoms with Gasteiger partial charge in [0.2, 0.25) is 0 Å². The average Bonchev–Trinajstić information content (AvgIpc) is 2.10. The van der Waals surface area contributed by atoms with Crippen molar-refractivity contribution in [2.24, 2.45) is 5.41 Å². The summed E-state index contributed by atoms with van der Waals surface area (Å²) in [5.41, 5.74) is -0.278. The van der Waals surface area contributed by atoms with Crippen molar-refractivity contribution in [1.82, 2.24) is 0 Å². The molecule has 0 bridgehead atoms. The van der Waals surface area contributed by atoms with E-state index in [1.165, 1.54) is 0 Å². The molecule has 0 heterocycles. The van der Waals surface area contributed by atoms with E-state index in [9.17, 15) is 10.2 Å². The summed E-state index contributed by atoms with van der Waals surface area (Å²) in [4.78, 5) is 0. The van der Waals surface area contributed by atoms with E-state index < -0.39 is 0 Å². The lowest BCUT2D eigenvalue weighted by atomic mass is 9.70. The average molecular weight is 170 g/mol. The maximum atomic E-state index is 9.74. The molecular weight excluding hydrogens is 152 g/mol. The van der Waals surface area contributed by atoms with Crippen molar-refractivity contribution >= 4 is 0 Å². The first-order valence-corrected chi connectivity index (χ1v) is 4.65. The number of hydrogen-bond acceptors (Lipinski definition) is 2. The number of allylic oxidation sites excluding steroid dienone is 1. The third-order valence-corrected chi connectivity index (χ3v) is 2.97. The Labute approximate surface area is 73.9 Å². The Morgan fingerprint density at radius 1 is 1.50 bits per heavy atom. The molecule has 0 saturated heterocycles. The lowest BCUT2D eigenvalue weighted by Crippen LogP contribution is -2.40. The maximum absolute atomic E-state index is 9.74. The SMILES string of the molecule is C=CC[C@@]1(CO)CCCC[C@@H]1O. The van der Waals surface area contributed by atoms with Gasteiger partial charge in [-0.05, 0) is 19.3 Å². The Kier molecular flexibility index (Phi) is 3.29. The molecule has 1 rings (SSSR count). The van der Waals surface area contributed by atoms with Gasteiger partial charge in [-0.25, -0.2) is 0 Å². The Hall–Kier alpha value is -0.340. The van der Waals surface area contributed by atoms with Crippen molar-refractivity contribution in [2.75, 3.05) is 6.61 Å².